The fourth-order valence-electron chi connectivity index (χ4n) is 3.25. The van der Waals surface area contributed by atoms with Gasteiger partial charge in [0.15, 0.2) is 0 Å². The van der Waals surface area contributed by atoms with Crippen LogP contribution in [0.3, 0.4) is 0 Å². The van der Waals surface area contributed by atoms with Gasteiger partial charge in [0.2, 0.25) is 5.88 Å². The van der Waals surface area contributed by atoms with Crippen molar-refractivity contribution in [2.45, 2.75) is 45.6 Å². The number of halogens is 1. The summed E-state index contributed by atoms with van der Waals surface area (Å²) in [7, 11) is 0. The average Bonchev–Trinajstić information content (AvgIpc) is 3.36. The molecule has 1 amide bonds. The predicted molar refractivity (Wildman–Crippen MR) is 107 cm³/mol. The topological polar surface area (TPSA) is 63.7 Å². The summed E-state index contributed by atoms with van der Waals surface area (Å²) >= 11 is 0. The molecule has 1 saturated carbocycles. The van der Waals surface area contributed by atoms with Crippen LogP contribution in [-0.4, -0.2) is 56.5 Å². The molecule has 0 spiro atoms. The highest BCUT2D eigenvalue weighted by atomic mass is 19.1. The SMILES string of the molecule is CC(C)[C@@H](COCCF)NC(=O)c1ccc(N2CCCC2)c(OCC2CC2)n1. The summed E-state index contributed by atoms with van der Waals surface area (Å²) in [6.07, 6.45) is 4.74. The fourth-order valence-corrected chi connectivity index (χ4v) is 3.25. The number of alkyl halides is 1. The van der Waals surface area contributed by atoms with Crippen LogP contribution in [0.15, 0.2) is 12.1 Å². The minimum atomic E-state index is -0.528. The van der Waals surface area contributed by atoms with Crippen LogP contribution < -0.4 is 15.0 Å². The Balaban J connectivity index is 1.70. The van der Waals surface area contributed by atoms with Crippen molar-refractivity contribution in [1.29, 1.82) is 0 Å². The van der Waals surface area contributed by atoms with Gasteiger partial charge in [0.1, 0.15) is 12.4 Å². The normalized spacial score (nSPS) is 17.8. The van der Waals surface area contributed by atoms with Gasteiger partial charge in [-0.3, -0.25) is 4.79 Å². The molecule has 1 aliphatic heterocycles. The van der Waals surface area contributed by atoms with Gasteiger partial charge in [0, 0.05) is 13.1 Å². The quantitative estimate of drug-likeness (QED) is 0.585. The zero-order valence-corrected chi connectivity index (χ0v) is 17.0. The summed E-state index contributed by atoms with van der Waals surface area (Å²) in [5.41, 5.74) is 1.31. The minimum absolute atomic E-state index is 0.0427. The Morgan fingerprint density at radius 3 is 2.71 bits per heavy atom. The van der Waals surface area contributed by atoms with Crippen LogP contribution in [0.25, 0.3) is 0 Å². The van der Waals surface area contributed by atoms with E-state index in [2.05, 4.69) is 15.2 Å². The van der Waals surface area contributed by atoms with Crippen molar-refractivity contribution in [1.82, 2.24) is 10.3 Å². The minimum Gasteiger partial charge on any atom is -0.476 e. The summed E-state index contributed by atoms with van der Waals surface area (Å²) in [4.78, 5) is 19.6. The molecule has 1 atom stereocenters. The maximum absolute atomic E-state index is 12.8. The summed E-state index contributed by atoms with van der Waals surface area (Å²) in [5.74, 6) is 1.07. The van der Waals surface area contributed by atoms with Crippen molar-refractivity contribution >= 4 is 11.6 Å². The van der Waals surface area contributed by atoms with E-state index in [0.717, 1.165) is 18.8 Å². The molecule has 156 valence electrons. The van der Waals surface area contributed by atoms with Gasteiger partial charge < -0.3 is 19.7 Å². The number of carbonyl (C=O) groups is 1. The first-order chi connectivity index (χ1) is 13.6. The second kappa shape index (κ2) is 10.0. The lowest BCUT2D eigenvalue weighted by Gasteiger charge is -2.23. The van der Waals surface area contributed by atoms with Gasteiger partial charge >= 0.3 is 0 Å². The zero-order valence-electron chi connectivity index (χ0n) is 17.0. The first kappa shape index (κ1) is 20.8. The van der Waals surface area contributed by atoms with E-state index in [4.69, 9.17) is 9.47 Å². The molecular weight excluding hydrogens is 361 g/mol. The number of hydrogen-bond donors (Lipinski definition) is 1. The molecule has 1 aromatic rings. The number of rotatable bonds is 11. The predicted octanol–water partition coefficient (Wildman–Crippen LogP) is 3.21. The Morgan fingerprint density at radius 2 is 2.07 bits per heavy atom. The van der Waals surface area contributed by atoms with Gasteiger partial charge in [-0.2, -0.15) is 0 Å². The Labute approximate surface area is 166 Å². The standard InChI is InChI=1S/C21H32FN3O3/c1-15(2)18(14-27-12-9-22)23-20(26)17-7-8-19(25-10-3-4-11-25)21(24-17)28-13-16-5-6-16/h7-8,15-16,18H,3-6,9-14H2,1-2H3,(H,23,26)/t18-/m1/s1. The zero-order chi connectivity index (χ0) is 19.9. The second-order valence-corrected chi connectivity index (χ2v) is 8.06. The molecule has 1 saturated heterocycles. The highest BCUT2D eigenvalue weighted by Gasteiger charge is 2.25. The molecule has 2 fully saturated rings. The third-order valence-corrected chi connectivity index (χ3v) is 5.31. The van der Waals surface area contributed by atoms with Crippen molar-refractivity contribution < 1.29 is 18.7 Å². The van der Waals surface area contributed by atoms with Crippen LogP contribution in [0, 0.1) is 11.8 Å². The van der Waals surface area contributed by atoms with E-state index in [1.165, 1.54) is 25.7 Å². The first-order valence-electron chi connectivity index (χ1n) is 10.4. The van der Waals surface area contributed by atoms with E-state index in [0.29, 0.717) is 24.1 Å². The van der Waals surface area contributed by atoms with Gasteiger partial charge in [0.05, 0.1) is 31.5 Å². The molecule has 0 aromatic carbocycles. The molecule has 6 nitrogen and oxygen atoms in total. The van der Waals surface area contributed by atoms with Crippen molar-refractivity contribution in [3.63, 3.8) is 0 Å². The lowest BCUT2D eigenvalue weighted by atomic mass is 10.1. The molecule has 0 radical (unpaired) electrons. The molecule has 28 heavy (non-hydrogen) atoms. The van der Waals surface area contributed by atoms with Gasteiger partial charge in [-0.05, 0) is 49.7 Å². The van der Waals surface area contributed by atoms with E-state index >= 15 is 0 Å². The summed E-state index contributed by atoms with van der Waals surface area (Å²) < 4.78 is 23.6. The molecule has 3 rings (SSSR count). The molecule has 0 bridgehead atoms. The fraction of sp³-hybridized carbons (Fsp3) is 0.714. The van der Waals surface area contributed by atoms with E-state index in [1.807, 2.05) is 19.9 Å². The van der Waals surface area contributed by atoms with E-state index in [1.54, 1.807) is 6.07 Å². The van der Waals surface area contributed by atoms with E-state index < -0.39 is 6.67 Å². The number of amides is 1. The lowest BCUT2D eigenvalue weighted by molar-refractivity contribution is 0.0730. The molecule has 1 aromatic heterocycles. The van der Waals surface area contributed by atoms with Crippen LogP contribution in [0.2, 0.25) is 0 Å². The number of aromatic nitrogens is 1. The van der Waals surface area contributed by atoms with Gasteiger partial charge in [-0.15, -0.1) is 0 Å². The number of hydrogen-bond acceptors (Lipinski definition) is 5. The molecular formula is C21H32FN3O3. The molecule has 2 aliphatic rings. The highest BCUT2D eigenvalue weighted by Crippen LogP contribution is 2.33. The van der Waals surface area contributed by atoms with Crippen molar-refractivity contribution in [3.8, 4) is 5.88 Å². The molecule has 1 aliphatic carbocycles. The lowest BCUT2D eigenvalue weighted by Crippen LogP contribution is -2.42. The van der Waals surface area contributed by atoms with Crippen molar-refractivity contribution in [2.24, 2.45) is 11.8 Å². The first-order valence-corrected chi connectivity index (χ1v) is 10.4. The maximum Gasteiger partial charge on any atom is 0.270 e. The number of carbonyl (C=O) groups excluding carboxylic acids is 1. The summed E-state index contributed by atoms with van der Waals surface area (Å²) in [6.45, 7) is 6.44. The van der Waals surface area contributed by atoms with Crippen LogP contribution in [0.1, 0.15) is 50.0 Å². The van der Waals surface area contributed by atoms with Crippen LogP contribution in [-0.2, 0) is 4.74 Å². The maximum atomic E-state index is 12.8. The number of nitrogens with one attached hydrogen (secondary N) is 1. The number of ether oxygens (including phenoxy) is 2. The third-order valence-electron chi connectivity index (χ3n) is 5.31. The van der Waals surface area contributed by atoms with Gasteiger partial charge in [-0.1, -0.05) is 13.8 Å². The Kier molecular flexibility index (Phi) is 7.48. The van der Waals surface area contributed by atoms with Crippen LogP contribution in [0.5, 0.6) is 5.88 Å². The smallest absolute Gasteiger partial charge is 0.270 e. The summed E-state index contributed by atoms with van der Waals surface area (Å²) in [6, 6.07) is 3.50. The number of anilines is 1. The largest absolute Gasteiger partial charge is 0.476 e. The monoisotopic (exact) mass is 393 g/mol. The Morgan fingerprint density at radius 1 is 1.32 bits per heavy atom. The van der Waals surface area contributed by atoms with E-state index in [9.17, 15) is 9.18 Å². The Bertz CT molecular complexity index is 646. The number of pyridine rings is 1. The van der Waals surface area contributed by atoms with E-state index in [-0.39, 0.29) is 31.1 Å². The average molecular weight is 394 g/mol. The number of nitrogens with zero attached hydrogens (tertiary/aromatic N) is 2. The van der Waals surface area contributed by atoms with Crippen LogP contribution >= 0.6 is 0 Å². The molecule has 7 heteroatoms. The van der Waals surface area contributed by atoms with Crippen molar-refractivity contribution in [2.75, 3.05) is 44.5 Å². The Hall–Kier alpha value is -1.89. The van der Waals surface area contributed by atoms with Crippen molar-refractivity contribution in [3.05, 3.63) is 17.8 Å². The van der Waals surface area contributed by atoms with Crippen LogP contribution in [0.4, 0.5) is 10.1 Å². The highest BCUT2D eigenvalue weighted by molar-refractivity contribution is 5.93. The van der Waals surface area contributed by atoms with Gasteiger partial charge in [-0.25, -0.2) is 9.37 Å². The molecule has 2 heterocycles. The summed E-state index contributed by atoms with van der Waals surface area (Å²) in [5, 5.41) is 2.97. The third kappa shape index (κ3) is 5.80. The molecule has 1 N–H and O–H groups in total. The van der Waals surface area contributed by atoms with Gasteiger partial charge in [0.25, 0.3) is 5.91 Å². The molecule has 0 unspecified atom stereocenters. The second-order valence-electron chi connectivity index (χ2n) is 8.06.